The molecule has 6 rings (SSSR count). The van der Waals surface area contributed by atoms with Gasteiger partial charge in [-0.25, -0.2) is 4.79 Å². The molecule has 0 saturated heterocycles. The van der Waals surface area contributed by atoms with Crippen molar-refractivity contribution in [1.29, 1.82) is 0 Å². The van der Waals surface area contributed by atoms with Crippen molar-refractivity contribution >= 4 is 34.3 Å². The van der Waals surface area contributed by atoms with Gasteiger partial charge in [0.05, 0.1) is 5.69 Å². The molecule has 0 bridgehead atoms. The van der Waals surface area contributed by atoms with E-state index >= 15 is 0 Å². The third kappa shape index (κ3) is 3.74. The molecule has 3 aromatic carbocycles. The van der Waals surface area contributed by atoms with Gasteiger partial charge >= 0.3 is 5.63 Å². The van der Waals surface area contributed by atoms with Gasteiger partial charge in [-0.3, -0.25) is 9.36 Å². The number of benzene rings is 3. The number of pyridine rings is 1. The molecule has 0 amide bonds. The zero-order valence-corrected chi connectivity index (χ0v) is 20.6. The van der Waals surface area contributed by atoms with Crippen LogP contribution in [0.3, 0.4) is 0 Å². The van der Waals surface area contributed by atoms with Gasteiger partial charge in [0.15, 0.2) is 11.3 Å². The Bertz CT molecular complexity index is 1760. The second kappa shape index (κ2) is 9.04. The molecular weight excluding hydrogens is 494 g/mol. The van der Waals surface area contributed by atoms with Crippen LogP contribution in [0.1, 0.15) is 17.5 Å². The maximum atomic E-state index is 14.1. The summed E-state index contributed by atoms with van der Waals surface area (Å²) in [5, 5.41) is 11.9. The van der Waals surface area contributed by atoms with E-state index in [0.717, 1.165) is 41.3 Å². The average molecular weight is 514 g/mol. The Morgan fingerprint density at radius 2 is 1.69 bits per heavy atom. The van der Waals surface area contributed by atoms with Crippen molar-refractivity contribution in [3.63, 3.8) is 0 Å². The van der Waals surface area contributed by atoms with Gasteiger partial charge in [-0.1, -0.05) is 71.9 Å². The number of rotatable bonds is 3. The van der Waals surface area contributed by atoms with Crippen LogP contribution in [0.5, 0.6) is 5.75 Å². The summed E-state index contributed by atoms with van der Waals surface area (Å²) in [7, 11) is 0. The van der Waals surface area contributed by atoms with Crippen LogP contribution in [0.4, 0.5) is 0 Å². The van der Waals surface area contributed by atoms with Crippen LogP contribution in [-0.2, 0) is 12.8 Å². The molecule has 1 aliphatic rings. The standard InChI is InChI=1S/C29H20ClNO4S/c30-18-10-7-13-20(16-18)36-27-25(32)23-26(35-29(27)34)22-15-6-9-17-8-4-5-14-21(17)24(22)31(28(23)33)19-11-2-1-3-12-19/h1-5,7-8,10-14,16,32H,6,9,15H2. The molecule has 0 fully saturated rings. The Hall–Kier alpha value is -3.74. The molecule has 7 heteroatoms. The third-order valence-corrected chi connectivity index (χ3v) is 7.72. The van der Waals surface area contributed by atoms with Crippen molar-refractivity contribution in [3.8, 4) is 22.7 Å². The van der Waals surface area contributed by atoms with Crippen LogP contribution in [-0.4, -0.2) is 9.67 Å². The predicted molar refractivity (Wildman–Crippen MR) is 143 cm³/mol. The summed E-state index contributed by atoms with van der Waals surface area (Å²) in [6.07, 6.45) is 2.24. The van der Waals surface area contributed by atoms with Crippen LogP contribution in [0, 0.1) is 0 Å². The average Bonchev–Trinajstić information content (AvgIpc) is 3.07. The van der Waals surface area contributed by atoms with Gasteiger partial charge in [0.1, 0.15) is 10.3 Å². The summed E-state index contributed by atoms with van der Waals surface area (Å²) < 4.78 is 7.47. The molecule has 5 aromatic rings. The van der Waals surface area contributed by atoms with Crippen molar-refractivity contribution < 1.29 is 9.52 Å². The lowest BCUT2D eigenvalue weighted by molar-refractivity contribution is 0.445. The molecule has 0 unspecified atom stereocenters. The number of aromatic hydroxyl groups is 1. The second-order valence-electron chi connectivity index (χ2n) is 8.64. The Morgan fingerprint density at radius 3 is 2.50 bits per heavy atom. The molecule has 0 aliphatic heterocycles. The van der Waals surface area contributed by atoms with E-state index in [9.17, 15) is 14.7 Å². The number of halogens is 1. The lowest BCUT2D eigenvalue weighted by Gasteiger charge is -2.19. The van der Waals surface area contributed by atoms with E-state index < -0.39 is 11.2 Å². The lowest BCUT2D eigenvalue weighted by atomic mass is 9.99. The maximum absolute atomic E-state index is 14.1. The third-order valence-electron chi connectivity index (χ3n) is 6.44. The fraction of sp³-hybridized carbons (Fsp3) is 0.103. The molecule has 0 saturated carbocycles. The first kappa shape index (κ1) is 22.7. The van der Waals surface area contributed by atoms with E-state index in [1.807, 2.05) is 48.5 Å². The molecule has 1 aliphatic carbocycles. The minimum absolute atomic E-state index is 0.00103. The van der Waals surface area contributed by atoms with Gasteiger partial charge in [0.25, 0.3) is 5.56 Å². The SMILES string of the molecule is O=c1oc2c3c(n(-c4ccccc4)c(=O)c2c(O)c1Sc1cccc(Cl)c1)-c1ccccc1CCC3. The first-order chi connectivity index (χ1) is 17.5. The quantitative estimate of drug-likeness (QED) is 0.294. The molecule has 5 nitrogen and oxygen atoms in total. The van der Waals surface area contributed by atoms with E-state index in [1.165, 1.54) is 0 Å². The Labute approximate surface area is 215 Å². The van der Waals surface area contributed by atoms with E-state index in [2.05, 4.69) is 6.07 Å². The number of hydrogen-bond donors (Lipinski definition) is 1. The molecular formula is C29H20ClNO4S. The molecule has 0 radical (unpaired) electrons. The first-order valence-corrected chi connectivity index (χ1v) is 12.8. The van der Waals surface area contributed by atoms with Gasteiger partial charge in [-0.15, -0.1) is 0 Å². The molecule has 1 N–H and O–H groups in total. The van der Waals surface area contributed by atoms with Crippen molar-refractivity contribution in [3.05, 3.63) is 116 Å². The van der Waals surface area contributed by atoms with Crippen LogP contribution in [0.2, 0.25) is 5.02 Å². The molecule has 2 aromatic heterocycles. The van der Waals surface area contributed by atoms with Crippen molar-refractivity contribution in [2.75, 3.05) is 0 Å². The van der Waals surface area contributed by atoms with E-state index in [0.29, 0.717) is 27.7 Å². The topological polar surface area (TPSA) is 72.4 Å². The number of aromatic nitrogens is 1. The zero-order chi connectivity index (χ0) is 24.8. The monoisotopic (exact) mass is 513 g/mol. The molecule has 0 atom stereocenters. The Morgan fingerprint density at radius 1 is 0.917 bits per heavy atom. The fourth-order valence-corrected chi connectivity index (χ4v) is 6.02. The Kier molecular flexibility index (Phi) is 5.70. The number of nitrogens with zero attached hydrogens (tertiary/aromatic N) is 1. The normalized spacial score (nSPS) is 12.7. The number of para-hydroxylation sites is 1. The largest absolute Gasteiger partial charge is 0.505 e. The highest BCUT2D eigenvalue weighted by atomic mass is 35.5. The summed E-state index contributed by atoms with van der Waals surface area (Å²) in [4.78, 5) is 27.9. The van der Waals surface area contributed by atoms with Gasteiger partial charge in [-0.05, 0) is 55.2 Å². The summed E-state index contributed by atoms with van der Waals surface area (Å²) >= 11 is 7.13. The van der Waals surface area contributed by atoms with Gasteiger partial charge < -0.3 is 9.52 Å². The van der Waals surface area contributed by atoms with Gasteiger partial charge in [0.2, 0.25) is 0 Å². The number of hydrogen-bond acceptors (Lipinski definition) is 5. The zero-order valence-electron chi connectivity index (χ0n) is 19.0. The molecule has 178 valence electrons. The van der Waals surface area contributed by atoms with Crippen LogP contribution in [0.15, 0.2) is 103 Å². The van der Waals surface area contributed by atoms with E-state index in [4.69, 9.17) is 16.0 Å². The van der Waals surface area contributed by atoms with Crippen molar-refractivity contribution in [2.45, 2.75) is 29.1 Å². The number of aryl methyl sites for hydroxylation is 2. The van der Waals surface area contributed by atoms with Crippen molar-refractivity contribution in [1.82, 2.24) is 4.57 Å². The summed E-state index contributed by atoms with van der Waals surface area (Å²) in [6.45, 7) is 0. The van der Waals surface area contributed by atoms with E-state index in [1.54, 1.807) is 28.8 Å². The highest BCUT2D eigenvalue weighted by Gasteiger charge is 2.28. The summed E-state index contributed by atoms with van der Waals surface area (Å²) in [5.74, 6) is -0.374. The smallest absolute Gasteiger partial charge is 0.354 e. The summed E-state index contributed by atoms with van der Waals surface area (Å²) in [5.41, 5.74) is 3.17. The number of fused-ring (bicyclic) bond motifs is 5. The minimum Gasteiger partial charge on any atom is -0.505 e. The fourth-order valence-electron chi connectivity index (χ4n) is 4.88. The second-order valence-corrected chi connectivity index (χ2v) is 10.2. The van der Waals surface area contributed by atoms with Gasteiger partial charge in [0, 0.05) is 26.7 Å². The van der Waals surface area contributed by atoms with Crippen LogP contribution < -0.4 is 11.2 Å². The highest BCUT2D eigenvalue weighted by Crippen LogP contribution is 2.41. The molecule has 36 heavy (non-hydrogen) atoms. The minimum atomic E-state index is -0.693. The molecule has 0 spiro atoms. The first-order valence-electron chi connectivity index (χ1n) is 11.6. The van der Waals surface area contributed by atoms with Crippen molar-refractivity contribution in [2.24, 2.45) is 0 Å². The predicted octanol–water partition coefficient (Wildman–Crippen LogP) is 6.61. The van der Waals surface area contributed by atoms with E-state index in [-0.39, 0.29) is 21.6 Å². The van der Waals surface area contributed by atoms with Crippen LogP contribution in [0.25, 0.3) is 27.9 Å². The van der Waals surface area contributed by atoms with Gasteiger partial charge in [-0.2, -0.15) is 0 Å². The Balaban J connectivity index is 1.72. The van der Waals surface area contributed by atoms with Crippen LogP contribution >= 0.6 is 23.4 Å². The maximum Gasteiger partial charge on any atom is 0.354 e. The summed E-state index contributed by atoms with van der Waals surface area (Å²) in [6, 6.07) is 24.3. The lowest BCUT2D eigenvalue weighted by Crippen LogP contribution is -2.23. The molecule has 2 heterocycles. The highest BCUT2D eigenvalue weighted by molar-refractivity contribution is 7.99.